The molecule has 8 nitrogen and oxygen atoms in total. The summed E-state index contributed by atoms with van der Waals surface area (Å²) in [6.45, 7) is 13.3. The largest absolute Gasteiger partial charge is 0.478 e. The molecule has 2 aliphatic rings. The van der Waals surface area contributed by atoms with Gasteiger partial charge in [-0.25, -0.2) is 9.18 Å². The van der Waals surface area contributed by atoms with Crippen molar-refractivity contribution in [3.8, 4) is 0 Å². The number of carboxylic acids is 1. The van der Waals surface area contributed by atoms with Crippen molar-refractivity contribution in [3.63, 3.8) is 0 Å². The van der Waals surface area contributed by atoms with Crippen molar-refractivity contribution in [1.82, 2.24) is 19.6 Å². The third-order valence-corrected chi connectivity index (χ3v) is 9.76. The Kier molecular flexibility index (Phi) is 9.80. The molecule has 0 saturated carbocycles. The van der Waals surface area contributed by atoms with Gasteiger partial charge in [0.2, 0.25) is 5.60 Å². The average Bonchev–Trinajstić information content (AvgIpc) is 3.62. The number of nitrogens with zero attached hydrogens (tertiary/aromatic N) is 4. The van der Waals surface area contributed by atoms with Crippen LogP contribution in [-0.4, -0.2) is 80.5 Å². The topological polar surface area (TPSA) is 87.9 Å². The molecule has 0 spiro atoms. The van der Waals surface area contributed by atoms with Crippen molar-refractivity contribution >= 4 is 11.9 Å². The molecule has 0 aliphatic carbocycles. The first-order valence-corrected chi connectivity index (χ1v) is 16.2. The number of aromatic nitrogens is 2. The SMILES string of the molecule is CCn1nc(Cc2ccccc2)cc1C1CCN(C[C@@H]2CN(C(C)(C)C(=O)OC(C)(C)C(=O)O)C[C@@H]2c2cccc(F)c2)CC1. The van der Waals surface area contributed by atoms with Crippen molar-refractivity contribution in [2.75, 3.05) is 32.7 Å². The third kappa shape index (κ3) is 7.47. The van der Waals surface area contributed by atoms with E-state index in [1.165, 1.54) is 31.2 Å². The number of carbonyl (C=O) groups is 2. The first kappa shape index (κ1) is 32.8. The fourth-order valence-corrected chi connectivity index (χ4v) is 6.86. The lowest BCUT2D eigenvalue weighted by molar-refractivity contribution is -0.181. The van der Waals surface area contributed by atoms with Crippen LogP contribution in [0, 0.1) is 11.7 Å². The molecule has 0 unspecified atom stereocenters. The highest BCUT2D eigenvalue weighted by molar-refractivity contribution is 5.85. The molecule has 3 heterocycles. The van der Waals surface area contributed by atoms with Gasteiger partial charge < -0.3 is 14.7 Å². The average molecular weight is 619 g/mol. The Balaban J connectivity index is 1.27. The molecular formula is C36H47FN4O4. The maximum absolute atomic E-state index is 14.4. The molecule has 2 aromatic carbocycles. The molecule has 0 amide bonds. The number of benzene rings is 2. The van der Waals surface area contributed by atoms with Crippen molar-refractivity contribution in [3.05, 3.63) is 89.0 Å². The third-order valence-electron chi connectivity index (χ3n) is 9.76. The van der Waals surface area contributed by atoms with Crippen molar-refractivity contribution < 1.29 is 23.8 Å². The fraction of sp³-hybridized carbons (Fsp3) is 0.528. The second-order valence-corrected chi connectivity index (χ2v) is 13.7. The Bertz CT molecular complexity index is 1480. The first-order chi connectivity index (χ1) is 21.4. The Morgan fingerprint density at radius 3 is 2.36 bits per heavy atom. The van der Waals surface area contributed by atoms with Crippen LogP contribution in [-0.2, 0) is 27.3 Å². The number of aryl methyl sites for hydroxylation is 1. The Hall–Kier alpha value is -3.56. The number of esters is 1. The highest BCUT2D eigenvalue weighted by Gasteiger charge is 2.47. The predicted octanol–water partition coefficient (Wildman–Crippen LogP) is 5.71. The number of aliphatic carboxylic acids is 1. The molecule has 0 radical (unpaired) electrons. The van der Waals surface area contributed by atoms with Gasteiger partial charge in [-0.2, -0.15) is 5.10 Å². The summed E-state index contributed by atoms with van der Waals surface area (Å²) in [7, 11) is 0. The molecule has 3 aromatic rings. The van der Waals surface area contributed by atoms with Gasteiger partial charge in [0.15, 0.2) is 0 Å². The van der Waals surface area contributed by atoms with Crippen LogP contribution in [0.4, 0.5) is 4.39 Å². The van der Waals surface area contributed by atoms with E-state index in [9.17, 15) is 19.1 Å². The number of hydrogen-bond donors (Lipinski definition) is 1. The number of piperidine rings is 1. The van der Waals surface area contributed by atoms with Crippen molar-refractivity contribution in [1.29, 1.82) is 0 Å². The van der Waals surface area contributed by atoms with E-state index in [-0.39, 0.29) is 17.7 Å². The summed E-state index contributed by atoms with van der Waals surface area (Å²) in [5, 5.41) is 14.4. The van der Waals surface area contributed by atoms with Crippen LogP contribution in [0.15, 0.2) is 60.7 Å². The number of carbonyl (C=O) groups excluding carboxylic acids is 1. The Morgan fingerprint density at radius 2 is 1.71 bits per heavy atom. The van der Waals surface area contributed by atoms with Gasteiger partial charge in [0.1, 0.15) is 11.4 Å². The van der Waals surface area contributed by atoms with Crippen LogP contribution in [0.25, 0.3) is 0 Å². The van der Waals surface area contributed by atoms with Crippen LogP contribution < -0.4 is 0 Å². The van der Waals surface area contributed by atoms with E-state index in [4.69, 9.17) is 9.84 Å². The van der Waals surface area contributed by atoms with E-state index in [1.807, 2.05) is 12.1 Å². The summed E-state index contributed by atoms with van der Waals surface area (Å²) in [6, 6.07) is 19.5. The highest BCUT2D eigenvalue weighted by Crippen LogP contribution is 2.39. The molecule has 242 valence electrons. The van der Waals surface area contributed by atoms with Gasteiger partial charge in [-0.15, -0.1) is 0 Å². The second kappa shape index (κ2) is 13.4. The zero-order valence-electron chi connectivity index (χ0n) is 27.2. The molecule has 5 rings (SSSR count). The molecule has 2 saturated heterocycles. The van der Waals surface area contributed by atoms with E-state index >= 15 is 0 Å². The highest BCUT2D eigenvalue weighted by atomic mass is 19.1. The van der Waals surface area contributed by atoms with Gasteiger partial charge in [-0.3, -0.25) is 14.4 Å². The van der Waals surface area contributed by atoms with E-state index in [2.05, 4.69) is 51.7 Å². The Labute approximate surface area is 266 Å². The van der Waals surface area contributed by atoms with Crippen LogP contribution in [0.3, 0.4) is 0 Å². The minimum absolute atomic E-state index is 0.0278. The molecule has 1 aromatic heterocycles. The number of ether oxygens (including phenoxy) is 1. The van der Waals surface area contributed by atoms with E-state index < -0.39 is 23.1 Å². The van der Waals surface area contributed by atoms with Crippen LogP contribution >= 0.6 is 0 Å². The van der Waals surface area contributed by atoms with Gasteiger partial charge in [-0.1, -0.05) is 42.5 Å². The lowest BCUT2D eigenvalue weighted by atomic mass is 9.87. The monoisotopic (exact) mass is 618 g/mol. The standard InChI is InChI=1S/C36H47FN4O4/c1-6-41-32(21-30(38-41)19-25-11-8-7-9-12-25)26-15-17-39(18-16-26)22-28-23-40(24-31(28)27-13-10-14-29(37)20-27)35(2,3)34(44)45-36(4,5)33(42)43/h7-14,20-21,26,28,31H,6,15-19,22-24H2,1-5H3,(H,42,43)/t28-,31-/m1/s1. The maximum atomic E-state index is 14.4. The molecular weight excluding hydrogens is 571 g/mol. The van der Waals surface area contributed by atoms with Crippen molar-refractivity contribution in [2.24, 2.45) is 5.92 Å². The molecule has 0 bridgehead atoms. The predicted molar refractivity (Wildman–Crippen MR) is 172 cm³/mol. The summed E-state index contributed by atoms with van der Waals surface area (Å²) >= 11 is 0. The molecule has 9 heteroatoms. The summed E-state index contributed by atoms with van der Waals surface area (Å²) in [6.07, 6.45) is 2.91. The Morgan fingerprint density at radius 1 is 1.00 bits per heavy atom. The minimum atomic E-state index is -1.63. The summed E-state index contributed by atoms with van der Waals surface area (Å²) in [5.74, 6) is -1.40. The lowest BCUT2D eigenvalue weighted by Gasteiger charge is -2.36. The molecule has 2 fully saturated rings. The smallest absolute Gasteiger partial charge is 0.347 e. The zero-order valence-corrected chi connectivity index (χ0v) is 27.2. The number of likely N-dealkylation sites (tertiary alicyclic amines) is 2. The molecule has 1 N–H and O–H groups in total. The van der Waals surface area contributed by atoms with Gasteiger partial charge in [-0.05, 0) is 95.8 Å². The van der Waals surface area contributed by atoms with Gasteiger partial charge in [0, 0.05) is 50.1 Å². The number of hydrogen-bond acceptors (Lipinski definition) is 6. The minimum Gasteiger partial charge on any atom is -0.478 e. The summed E-state index contributed by atoms with van der Waals surface area (Å²) in [5.41, 5.74) is 1.94. The van der Waals surface area contributed by atoms with Crippen LogP contribution in [0.1, 0.15) is 81.8 Å². The fourth-order valence-electron chi connectivity index (χ4n) is 6.86. The summed E-state index contributed by atoms with van der Waals surface area (Å²) in [4.78, 5) is 29.5. The van der Waals surface area contributed by atoms with Crippen molar-refractivity contribution in [2.45, 2.75) is 83.4 Å². The maximum Gasteiger partial charge on any atom is 0.347 e. The van der Waals surface area contributed by atoms with Gasteiger partial charge >= 0.3 is 11.9 Å². The number of halogens is 1. The normalized spacial score (nSPS) is 20.4. The molecule has 45 heavy (non-hydrogen) atoms. The van der Waals surface area contributed by atoms with Crippen LogP contribution in [0.5, 0.6) is 0 Å². The number of carboxylic acid groups (broad SMARTS) is 1. The lowest BCUT2D eigenvalue weighted by Crippen LogP contribution is -2.53. The van der Waals surface area contributed by atoms with E-state index in [1.54, 1.807) is 26.0 Å². The zero-order chi connectivity index (χ0) is 32.4. The number of rotatable bonds is 11. The van der Waals surface area contributed by atoms with Gasteiger partial charge in [0.25, 0.3) is 0 Å². The van der Waals surface area contributed by atoms with Crippen LogP contribution in [0.2, 0.25) is 0 Å². The summed E-state index contributed by atoms with van der Waals surface area (Å²) < 4.78 is 22.0. The molecule has 2 aliphatic heterocycles. The quantitative estimate of drug-likeness (QED) is 0.276. The first-order valence-electron chi connectivity index (χ1n) is 16.2. The van der Waals surface area contributed by atoms with E-state index in [0.717, 1.165) is 56.7 Å². The van der Waals surface area contributed by atoms with Gasteiger partial charge in [0.05, 0.1) is 5.69 Å². The molecule has 2 atom stereocenters. The second-order valence-electron chi connectivity index (χ2n) is 13.7. The van der Waals surface area contributed by atoms with E-state index in [0.29, 0.717) is 19.0 Å².